The molecule has 0 aliphatic carbocycles. The van der Waals surface area contributed by atoms with Gasteiger partial charge >= 0.3 is 5.97 Å². The summed E-state index contributed by atoms with van der Waals surface area (Å²) in [4.78, 5) is 25.8. The van der Waals surface area contributed by atoms with Crippen LogP contribution in [-0.4, -0.2) is 21.0 Å². The van der Waals surface area contributed by atoms with Crippen molar-refractivity contribution >= 4 is 23.4 Å². The molecule has 0 aliphatic heterocycles. The quantitative estimate of drug-likeness (QED) is 0.686. The van der Waals surface area contributed by atoms with Crippen molar-refractivity contribution in [2.24, 2.45) is 0 Å². The first-order valence-corrected chi connectivity index (χ1v) is 6.42. The molecule has 1 N–H and O–H groups in total. The zero-order valence-electron chi connectivity index (χ0n) is 10.4. The Morgan fingerprint density at radius 2 is 2.10 bits per heavy atom. The molecule has 0 unspecified atom stereocenters. The highest BCUT2D eigenvalue weighted by molar-refractivity contribution is 7.99. The molecule has 0 aliphatic rings. The number of pyridine rings is 1. The number of nitro groups is 1. The van der Waals surface area contributed by atoms with Crippen molar-refractivity contribution in [1.82, 2.24) is 4.98 Å². The minimum absolute atomic E-state index is 0.0548. The molecule has 2 rings (SSSR count). The molecule has 1 aromatic heterocycles. The average molecular weight is 290 g/mol. The first kappa shape index (κ1) is 14.0. The van der Waals surface area contributed by atoms with Crippen molar-refractivity contribution in [3.05, 3.63) is 57.8 Å². The van der Waals surface area contributed by atoms with Gasteiger partial charge in [-0.1, -0.05) is 23.9 Å². The van der Waals surface area contributed by atoms with E-state index in [2.05, 4.69) is 4.98 Å². The summed E-state index contributed by atoms with van der Waals surface area (Å²) in [5.74, 6) is -1.02. The molecule has 0 atom stereocenters. The SMILES string of the molecule is Cc1cc(Sc2ccccc2C(=O)O)ncc1[N+](=O)[O-]. The van der Waals surface area contributed by atoms with Gasteiger partial charge in [0.1, 0.15) is 11.2 Å². The summed E-state index contributed by atoms with van der Waals surface area (Å²) in [5, 5.41) is 20.3. The molecule has 0 spiro atoms. The Morgan fingerprint density at radius 1 is 1.40 bits per heavy atom. The van der Waals surface area contributed by atoms with Gasteiger partial charge in [0.15, 0.2) is 0 Å². The van der Waals surface area contributed by atoms with Gasteiger partial charge in [0.2, 0.25) is 0 Å². The Labute approximate surface area is 118 Å². The van der Waals surface area contributed by atoms with Crippen LogP contribution < -0.4 is 0 Å². The Hall–Kier alpha value is -2.41. The predicted octanol–water partition coefficient (Wildman–Crippen LogP) is 3.15. The molecule has 1 heterocycles. The number of aromatic carboxylic acids is 1. The van der Waals surface area contributed by atoms with Gasteiger partial charge < -0.3 is 5.11 Å². The van der Waals surface area contributed by atoms with Crippen LogP contribution in [0.15, 0.2) is 46.5 Å². The minimum Gasteiger partial charge on any atom is -0.478 e. The highest BCUT2D eigenvalue weighted by Gasteiger charge is 2.14. The summed E-state index contributed by atoms with van der Waals surface area (Å²) < 4.78 is 0. The summed E-state index contributed by atoms with van der Waals surface area (Å²) in [6.45, 7) is 1.62. The largest absolute Gasteiger partial charge is 0.478 e. The van der Waals surface area contributed by atoms with Gasteiger partial charge in [-0.25, -0.2) is 9.78 Å². The first-order chi connectivity index (χ1) is 9.49. The van der Waals surface area contributed by atoms with Crippen molar-refractivity contribution in [2.45, 2.75) is 16.8 Å². The third kappa shape index (κ3) is 2.94. The van der Waals surface area contributed by atoms with Crippen molar-refractivity contribution in [1.29, 1.82) is 0 Å². The molecule has 0 radical (unpaired) electrons. The lowest BCUT2D eigenvalue weighted by atomic mass is 10.2. The van der Waals surface area contributed by atoms with Crippen LogP contribution in [0.3, 0.4) is 0 Å². The number of hydrogen-bond donors (Lipinski definition) is 1. The van der Waals surface area contributed by atoms with Crippen LogP contribution in [0.25, 0.3) is 0 Å². The van der Waals surface area contributed by atoms with Gasteiger partial charge in [0.25, 0.3) is 5.69 Å². The molecular formula is C13H10N2O4S. The number of benzene rings is 1. The van der Waals surface area contributed by atoms with Crippen molar-refractivity contribution in [2.75, 3.05) is 0 Å². The number of carboxylic acids is 1. The van der Waals surface area contributed by atoms with Gasteiger partial charge in [0.05, 0.1) is 10.5 Å². The normalized spacial score (nSPS) is 10.2. The van der Waals surface area contributed by atoms with E-state index in [1.54, 1.807) is 31.2 Å². The third-order valence-electron chi connectivity index (χ3n) is 2.59. The number of carbonyl (C=O) groups is 1. The van der Waals surface area contributed by atoms with Crippen LogP contribution in [-0.2, 0) is 0 Å². The van der Waals surface area contributed by atoms with Crippen LogP contribution in [0.4, 0.5) is 5.69 Å². The summed E-state index contributed by atoms with van der Waals surface area (Å²) in [5.41, 5.74) is 0.608. The molecule has 2 aromatic rings. The van der Waals surface area contributed by atoms with Gasteiger partial charge in [-0.3, -0.25) is 10.1 Å². The monoisotopic (exact) mass is 290 g/mol. The van der Waals surface area contributed by atoms with Crippen molar-refractivity contribution in [3.63, 3.8) is 0 Å². The second kappa shape index (κ2) is 5.70. The van der Waals surface area contributed by atoms with Crippen LogP contribution in [0.1, 0.15) is 15.9 Å². The Balaban J connectivity index is 2.34. The van der Waals surface area contributed by atoms with Crippen LogP contribution in [0, 0.1) is 17.0 Å². The molecule has 7 heteroatoms. The standard InChI is InChI=1S/C13H10N2O4S/c1-8-6-12(14-7-10(8)15(18)19)20-11-5-3-2-4-9(11)13(16)17/h2-7H,1H3,(H,16,17). The summed E-state index contributed by atoms with van der Waals surface area (Å²) in [7, 11) is 0. The summed E-state index contributed by atoms with van der Waals surface area (Å²) in [6.07, 6.45) is 1.18. The van der Waals surface area contributed by atoms with Gasteiger partial charge in [-0.2, -0.15) is 0 Å². The topological polar surface area (TPSA) is 93.3 Å². The van der Waals surface area contributed by atoms with Crippen molar-refractivity contribution < 1.29 is 14.8 Å². The lowest BCUT2D eigenvalue weighted by Gasteiger charge is -2.05. The highest BCUT2D eigenvalue weighted by atomic mass is 32.2. The smallest absolute Gasteiger partial charge is 0.336 e. The summed E-state index contributed by atoms with van der Waals surface area (Å²) in [6, 6.07) is 8.12. The van der Waals surface area contributed by atoms with Crippen LogP contribution >= 0.6 is 11.8 Å². The maximum atomic E-state index is 11.1. The Kier molecular flexibility index (Phi) is 3.99. The first-order valence-electron chi connectivity index (χ1n) is 5.60. The average Bonchev–Trinajstić information content (AvgIpc) is 2.38. The second-order valence-corrected chi connectivity index (χ2v) is 5.03. The van der Waals surface area contributed by atoms with E-state index in [4.69, 9.17) is 5.11 Å². The minimum atomic E-state index is -1.02. The van der Waals surface area contributed by atoms with E-state index in [9.17, 15) is 14.9 Å². The number of hydrogen-bond acceptors (Lipinski definition) is 5. The lowest BCUT2D eigenvalue weighted by Crippen LogP contribution is -1.98. The number of rotatable bonds is 4. The fourth-order valence-electron chi connectivity index (χ4n) is 1.61. The number of carboxylic acid groups (broad SMARTS) is 1. The van der Waals surface area contributed by atoms with E-state index in [1.807, 2.05) is 0 Å². The van der Waals surface area contributed by atoms with Crippen molar-refractivity contribution in [3.8, 4) is 0 Å². The van der Waals surface area contributed by atoms with Crippen LogP contribution in [0.5, 0.6) is 0 Å². The van der Waals surface area contributed by atoms with E-state index in [1.165, 1.54) is 12.3 Å². The summed E-state index contributed by atoms with van der Waals surface area (Å²) >= 11 is 1.16. The highest BCUT2D eigenvalue weighted by Crippen LogP contribution is 2.31. The van der Waals surface area contributed by atoms with Gasteiger partial charge in [-0.15, -0.1) is 0 Å². The van der Waals surface area contributed by atoms with Gasteiger partial charge in [-0.05, 0) is 25.1 Å². The third-order valence-corrected chi connectivity index (χ3v) is 3.60. The number of aromatic nitrogens is 1. The van der Waals surface area contributed by atoms with E-state index in [-0.39, 0.29) is 11.3 Å². The second-order valence-electron chi connectivity index (χ2n) is 3.97. The molecule has 0 saturated carbocycles. The molecule has 102 valence electrons. The number of nitrogens with zero attached hydrogens (tertiary/aromatic N) is 2. The Morgan fingerprint density at radius 3 is 2.70 bits per heavy atom. The van der Waals surface area contributed by atoms with E-state index in [0.717, 1.165) is 11.8 Å². The van der Waals surface area contributed by atoms with Gasteiger partial charge in [0, 0.05) is 10.5 Å². The molecule has 0 bridgehead atoms. The maximum Gasteiger partial charge on any atom is 0.336 e. The molecular weight excluding hydrogens is 280 g/mol. The number of aryl methyl sites for hydroxylation is 1. The zero-order chi connectivity index (χ0) is 14.7. The van der Waals surface area contributed by atoms with E-state index in [0.29, 0.717) is 15.5 Å². The molecule has 20 heavy (non-hydrogen) atoms. The van der Waals surface area contributed by atoms with Crippen LogP contribution in [0.2, 0.25) is 0 Å². The fourth-order valence-corrected chi connectivity index (χ4v) is 2.59. The zero-order valence-corrected chi connectivity index (χ0v) is 11.3. The molecule has 0 saturated heterocycles. The van der Waals surface area contributed by atoms with E-state index < -0.39 is 10.9 Å². The molecule has 0 fully saturated rings. The fraction of sp³-hybridized carbons (Fsp3) is 0.0769. The Bertz CT molecular complexity index is 688. The van der Waals surface area contributed by atoms with E-state index >= 15 is 0 Å². The lowest BCUT2D eigenvalue weighted by molar-refractivity contribution is -0.385. The maximum absolute atomic E-state index is 11.1. The molecule has 1 aromatic carbocycles. The molecule has 6 nitrogen and oxygen atoms in total. The molecule has 0 amide bonds. The predicted molar refractivity (Wildman–Crippen MR) is 73.2 cm³/mol.